The van der Waals surface area contributed by atoms with Crippen LogP contribution in [-0.4, -0.2) is 30.3 Å². The number of rotatable bonds is 4. The minimum atomic E-state index is -0.396. The largest absolute Gasteiger partial charge is 0.390 e. The van der Waals surface area contributed by atoms with E-state index in [1.807, 2.05) is 13.8 Å². The summed E-state index contributed by atoms with van der Waals surface area (Å²) in [7, 11) is 0. The Hall–Kier alpha value is -0.120. The van der Waals surface area contributed by atoms with E-state index in [1.54, 1.807) is 0 Å². The summed E-state index contributed by atoms with van der Waals surface area (Å²) < 4.78 is 0. The molecule has 1 unspecified atom stereocenters. The summed E-state index contributed by atoms with van der Waals surface area (Å²) in [4.78, 5) is 0. The molecule has 0 saturated heterocycles. The number of nitrogens with one attached hydrogen (secondary N) is 1. The van der Waals surface area contributed by atoms with Crippen LogP contribution >= 0.6 is 0 Å². The van der Waals surface area contributed by atoms with Crippen LogP contribution in [0.4, 0.5) is 0 Å². The lowest BCUT2D eigenvalue weighted by atomic mass is 10.3. The Morgan fingerprint density at radius 1 is 1.56 bits per heavy atom. The summed E-state index contributed by atoms with van der Waals surface area (Å²) in [6.45, 7) is 4.99. The van der Waals surface area contributed by atoms with Crippen LogP contribution in [0.2, 0.25) is 0 Å². The normalized spacial score (nSPS) is 14.3. The number of hydrogen-bond donors (Lipinski definition) is 3. The van der Waals surface area contributed by atoms with Crippen molar-refractivity contribution < 1.29 is 5.11 Å². The Morgan fingerprint density at radius 3 is 2.44 bits per heavy atom. The highest BCUT2D eigenvalue weighted by atomic mass is 16.3. The molecular formula is C6H16N2O. The lowest BCUT2D eigenvalue weighted by Crippen LogP contribution is -2.35. The van der Waals surface area contributed by atoms with E-state index in [1.165, 1.54) is 0 Å². The smallest absolute Gasteiger partial charge is 0.0786 e. The van der Waals surface area contributed by atoms with Gasteiger partial charge in [0.15, 0.2) is 0 Å². The maximum atomic E-state index is 8.92. The molecule has 0 amide bonds. The summed E-state index contributed by atoms with van der Waals surface area (Å²) in [5.41, 5.74) is 5.17. The number of aliphatic hydroxyl groups is 1. The van der Waals surface area contributed by atoms with Crippen molar-refractivity contribution in [2.75, 3.05) is 13.1 Å². The van der Waals surface area contributed by atoms with Crippen molar-refractivity contribution in [3.05, 3.63) is 0 Å². The predicted octanol–water partition coefficient (Wildman–Crippen LogP) is -0.696. The van der Waals surface area contributed by atoms with Gasteiger partial charge in [0.25, 0.3) is 0 Å². The van der Waals surface area contributed by atoms with Gasteiger partial charge in [-0.3, -0.25) is 0 Å². The first kappa shape index (κ1) is 8.88. The first-order chi connectivity index (χ1) is 4.16. The van der Waals surface area contributed by atoms with E-state index in [-0.39, 0.29) is 0 Å². The summed E-state index contributed by atoms with van der Waals surface area (Å²) in [5, 5.41) is 12.0. The van der Waals surface area contributed by atoms with E-state index in [9.17, 15) is 0 Å². The molecule has 0 rings (SSSR count). The first-order valence-electron chi connectivity index (χ1n) is 3.28. The van der Waals surface area contributed by atoms with Crippen molar-refractivity contribution in [2.24, 2.45) is 5.73 Å². The maximum Gasteiger partial charge on any atom is 0.0786 e. The zero-order valence-electron chi connectivity index (χ0n) is 6.09. The molecule has 0 fully saturated rings. The maximum absolute atomic E-state index is 8.92. The molecule has 0 heterocycles. The summed E-state index contributed by atoms with van der Waals surface area (Å²) in [6, 6.07) is 0.422. The third-order valence-corrected chi connectivity index (χ3v) is 1.03. The van der Waals surface area contributed by atoms with E-state index in [2.05, 4.69) is 5.32 Å². The Balaban J connectivity index is 3.06. The molecule has 0 aromatic heterocycles. The van der Waals surface area contributed by atoms with Gasteiger partial charge in [0, 0.05) is 19.1 Å². The van der Waals surface area contributed by atoms with Crippen molar-refractivity contribution in [2.45, 2.75) is 26.0 Å². The van der Waals surface area contributed by atoms with Crippen LogP contribution in [0.1, 0.15) is 13.8 Å². The van der Waals surface area contributed by atoms with Gasteiger partial charge >= 0.3 is 0 Å². The van der Waals surface area contributed by atoms with E-state index >= 15 is 0 Å². The lowest BCUT2D eigenvalue weighted by Gasteiger charge is -2.11. The standard InChI is InChI=1S/C6H16N2O/c1-5(2)8-4-6(9)3-7/h5-6,8-9H,3-4,7H2,1-2H3. The molecule has 0 aromatic carbocycles. The highest BCUT2D eigenvalue weighted by Gasteiger charge is 1.99. The SMILES string of the molecule is CC(C)NCC(O)CN. The Morgan fingerprint density at radius 2 is 2.11 bits per heavy atom. The van der Waals surface area contributed by atoms with Crippen LogP contribution in [-0.2, 0) is 0 Å². The fourth-order valence-corrected chi connectivity index (χ4v) is 0.455. The van der Waals surface area contributed by atoms with Gasteiger partial charge < -0.3 is 16.2 Å². The first-order valence-corrected chi connectivity index (χ1v) is 3.28. The third kappa shape index (κ3) is 5.76. The van der Waals surface area contributed by atoms with Gasteiger partial charge in [0.2, 0.25) is 0 Å². The minimum absolute atomic E-state index is 0.333. The van der Waals surface area contributed by atoms with Crippen molar-refractivity contribution >= 4 is 0 Å². The van der Waals surface area contributed by atoms with Gasteiger partial charge in [-0.15, -0.1) is 0 Å². The van der Waals surface area contributed by atoms with Crippen LogP contribution in [0.3, 0.4) is 0 Å². The van der Waals surface area contributed by atoms with Gasteiger partial charge in [-0.1, -0.05) is 13.8 Å². The fraction of sp³-hybridized carbons (Fsp3) is 1.00. The van der Waals surface area contributed by atoms with Gasteiger partial charge in [-0.05, 0) is 0 Å². The lowest BCUT2D eigenvalue weighted by molar-refractivity contribution is 0.176. The molecule has 3 nitrogen and oxygen atoms in total. The molecule has 0 aromatic rings. The zero-order chi connectivity index (χ0) is 7.28. The van der Waals surface area contributed by atoms with E-state index in [0.29, 0.717) is 19.1 Å². The second-order valence-corrected chi connectivity index (χ2v) is 2.45. The second-order valence-electron chi connectivity index (χ2n) is 2.45. The molecule has 1 atom stereocenters. The molecule has 0 aliphatic rings. The van der Waals surface area contributed by atoms with E-state index in [4.69, 9.17) is 10.8 Å². The molecule has 3 heteroatoms. The average Bonchev–Trinajstić information content (AvgIpc) is 1.83. The van der Waals surface area contributed by atoms with Crippen molar-refractivity contribution in [1.82, 2.24) is 5.32 Å². The Bertz CT molecular complexity index is 66.1. The van der Waals surface area contributed by atoms with Gasteiger partial charge in [-0.2, -0.15) is 0 Å². The monoisotopic (exact) mass is 132 g/mol. The molecule has 0 aliphatic heterocycles. The van der Waals surface area contributed by atoms with Crippen LogP contribution in [0.15, 0.2) is 0 Å². The molecule has 0 radical (unpaired) electrons. The van der Waals surface area contributed by atoms with Crippen LogP contribution in [0.5, 0.6) is 0 Å². The van der Waals surface area contributed by atoms with Crippen molar-refractivity contribution in [3.8, 4) is 0 Å². The van der Waals surface area contributed by atoms with Crippen LogP contribution in [0, 0.1) is 0 Å². The average molecular weight is 132 g/mol. The van der Waals surface area contributed by atoms with Crippen LogP contribution < -0.4 is 11.1 Å². The molecule has 9 heavy (non-hydrogen) atoms. The molecule has 0 saturated carbocycles. The highest BCUT2D eigenvalue weighted by Crippen LogP contribution is 1.78. The van der Waals surface area contributed by atoms with E-state index in [0.717, 1.165) is 0 Å². The second kappa shape index (κ2) is 4.73. The minimum Gasteiger partial charge on any atom is -0.390 e. The zero-order valence-corrected chi connectivity index (χ0v) is 6.09. The van der Waals surface area contributed by atoms with Gasteiger partial charge in [0.05, 0.1) is 6.10 Å². The molecule has 0 bridgehead atoms. The summed E-state index contributed by atoms with van der Waals surface area (Å²) >= 11 is 0. The molecule has 56 valence electrons. The Labute approximate surface area is 56.2 Å². The van der Waals surface area contributed by atoms with Crippen molar-refractivity contribution in [3.63, 3.8) is 0 Å². The topological polar surface area (TPSA) is 58.3 Å². The molecule has 4 N–H and O–H groups in total. The highest BCUT2D eigenvalue weighted by molar-refractivity contribution is 4.61. The fourth-order valence-electron chi connectivity index (χ4n) is 0.455. The third-order valence-electron chi connectivity index (χ3n) is 1.03. The van der Waals surface area contributed by atoms with Gasteiger partial charge in [0.1, 0.15) is 0 Å². The number of aliphatic hydroxyl groups excluding tert-OH is 1. The molecular weight excluding hydrogens is 116 g/mol. The molecule has 0 spiro atoms. The number of hydrogen-bond acceptors (Lipinski definition) is 3. The number of nitrogens with two attached hydrogens (primary N) is 1. The van der Waals surface area contributed by atoms with E-state index < -0.39 is 6.10 Å². The van der Waals surface area contributed by atoms with Crippen LogP contribution in [0.25, 0.3) is 0 Å². The van der Waals surface area contributed by atoms with Crippen molar-refractivity contribution in [1.29, 1.82) is 0 Å². The summed E-state index contributed by atoms with van der Waals surface area (Å²) in [6.07, 6.45) is -0.396. The quantitative estimate of drug-likeness (QED) is 0.474. The summed E-state index contributed by atoms with van der Waals surface area (Å²) in [5.74, 6) is 0. The predicted molar refractivity (Wildman–Crippen MR) is 38.2 cm³/mol. The molecule has 0 aliphatic carbocycles. The Kier molecular flexibility index (Phi) is 4.67. The van der Waals surface area contributed by atoms with Gasteiger partial charge in [-0.25, -0.2) is 0 Å².